The van der Waals surface area contributed by atoms with Crippen LogP contribution in [0, 0.1) is 12.7 Å². The Morgan fingerprint density at radius 1 is 1.10 bits per heavy atom. The first-order valence-electron chi connectivity index (χ1n) is 5.96. The number of aryl methyl sites for hydroxylation is 1. The van der Waals surface area contributed by atoms with E-state index in [1.807, 2.05) is 0 Å². The van der Waals surface area contributed by atoms with Gasteiger partial charge in [-0.15, -0.1) is 0 Å². The van der Waals surface area contributed by atoms with Crippen LogP contribution in [0.15, 0.2) is 36.4 Å². The van der Waals surface area contributed by atoms with Crippen LogP contribution >= 0.6 is 0 Å². The lowest BCUT2D eigenvalue weighted by atomic mass is 10.2. The number of aromatic nitrogens is 2. The van der Waals surface area contributed by atoms with Crippen molar-refractivity contribution in [3.8, 4) is 0 Å². The number of sulfonamides is 1. The molecule has 0 aliphatic carbocycles. The van der Waals surface area contributed by atoms with E-state index in [-0.39, 0.29) is 12.3 Å². The first-order valence-corrected chi connectivity index (χ1v) is 7.61. The summed E-state index contributed by atoms with van der Waals surface area (Å²) in [5.41, 5.74) is 1.83. The zero-order valence-electron chi connectivity index (χ0n) is 10.9. The third kappa shape index (κ3) is 4.36. The highest BCUT2D eigenvalue weighted by Crippen LogP contribution is 2.07. The minimum absolute atomic E-state index is 0.0802. The van der Waals surface area contributed by atoms with Gasteiger partial charge in [0, 0.05) is 0 Å². The maximum atomic E-state index is 12.7. The summed E-state index contributed by atoms with van der Waals surface area (Å²) in [6, 6.07) is 8.83. The summed E-state index contributed by atoms with van der Waals surface area (Å²) in [6.07, 6.45) is 0. The van der Waals surface area contributed by atoms with E-state index in [9.17, 15) is 12.8 Å². The van der Waals surface area contributed by atoms with Gasteiger partial charge < -0.3 is 0 Å². The summed E-state index contributed by atoms with van der Waals surface area (Å²) >= 11 is 0. The molecule has 0 fully saturated rings. The summed E-state index contributed by atoms with van der Waals surface area (Å²) in [6.45, 7) is 1.88. The van der Waals surface area contributed by atoms with Crippen molar-refractivity contribution in [1.29, 1.82) is 0 Å². The highest BCUT2D eigenvalue weighted by Gasteiger charge is 2.11. The summed E-state index contributed by atoms with van der Waals surface area (Å²) < 4.78 is 38.9. The standard InChI is InChI=1S/C13H14FN3O2S/c1-10-2-7-13(17-16-10)8-15-20(18,19)9-11-3-5-12(14)6-4-11/h2-7,15H,8-9H2,1H3. The van der Waals surface area contributed by atoms with E-state index in [1.165, 1.54) is 24.3 Å². The number of rotatable bonds is 5. The topological polar surface area (TPSA) is 72.0 Å². The second-order valence-electron chi connectivity index (χ2n) is 4.37. The first-order chi connectivity index (χ1) is 9.44. The summed E-state index contributed by atoms with van der Waals surface area (Å²) in [5, 5.41) is 7.72. The Bertz CT molecular complexity index is 670. The molecule has 5 nitrogen and oxygen atoms in total. The van der Waals surface area contributed by atoms with Crippen LogP contribution in [0.25, 0.3) is 0 Å². The average molecular weight is 295 g/mol. The van der Waals surface area contributed by atoms with Crippen molar-refractivity contribution in [3.05, 3.63) is 59.2 Å². The highest BCUT2D eigenvalue weighted by molar-refractivity contribution is 7.88. The van der Waals surface area contributed by atoms with Crippen LogP contribution in [0.2, 0.25) is 0 Å². The SMILES string of the molecule is Cc1ccc(CNS(=O)(=O)Cc2ccc(F)cc2)nn1. The van der Waals surface area contributed by atoms with Crippen molar-refractivity contribution < 1.29 is 12.8 Å². The van der Waals surface area contributed by atoms with Gasteiger partial charge >= 0.3 is 0 Å². The van der Waals surface area contributed by atoms with Gasteiger partial charge in [-0.3, -0.25) is 0 Å². The Kier molecular flexibility index (Phi) is 4.41. The maximum Gasteiger partial charge on any atom is 0.216 e. The smallest absolute Gasteiger partial charge is 0.212 e. The molecule has 20 heavy (non-hydrogen) atoms. The van der Waals surface area contributed by atoms with Gasteiger partial charge in [-0.1, -0.05) is 12.1 Å². The molecular formula is C13H14FN3O2S. The van der Waals surface area contributed by atoms with E-state index in [0.29, 0.717) is 11.3 Å². The zero-order chi connectivity index (χ0) is 14.6. The van der Waals surface area contributed by atoms with Crippen LogP contribution in [0.5, 0.6) is 0 Å². The number of nitrogens with zero attached hydrogens (tertiary/aromatic N) is 2. The van der Waals surface area contributed by atoms with Gasteiger partial charge in [-0.2, -0.15) is 10.2 Å². The summed E-state index contributed by atoms with van der Waals surface area (Å²) in [5.74, 6) is -0.596. The quantitative estimate of drug-likeness (QED) is 0.908. The Hall–Kier alpha value is -1.86. The fourth-order valence-electron chi connectivity index (χ4n) is 1.56. The van der Waals surface area contributed by atoms with E-state index in [0.717, 1.165) is 5.69 Å². The first kappa shape index (κ1) is 14.5. The van der Waals surface area contributed by atoms with Crippen molar-refractivity contribution in [2.24, 2.45) is 0 Å². The Morgan fingerprint density at radius 3 is 2.40 bits per heavy atom. The second kappa shape index (κ2) is 6.06. The van der Waals surface area contributed by atoms with Gasteiger partial charge in [0.1, 0.15) is 5.82 Å². The van der Waals surface area contributed by atoms with Crippen LogP contribution in [0.1, 0.15) is 17.0 Å². The van der Waals surface area contributed by atoms with Gasteiger partial charge in [-0.25, -0.2) is 17.5 Å². The molecule has 0 unspecified atom stereocenters. The van der Waals surface area contributed by atoms with Crippen LogP contribution < -0.4 is 4.72 Å². The molecule has 1 heterocycles. The van der Waals surface area contributed by atoms with Crippen LogP contribution in [-0.2, 0) is 22.3 Å². The fourth-order valence-corrected chi connectivity index (χ4v) is 2.66. The molecular weight excluding hydrogens is 281 g/mol. The summed E-state index contributed by atoms with van der Waals surface area (Å²) in [7, 11) is -3.50. The van der Waals surface area contributed by atoms with Crippen molar-refractivity contribution in [2.45, 2.75) is 19.2 Å². The molecule has 2 aromatic rings. The molecule has 0 radical (unpaired) electrons. The molecule has 0 spiro atoms. The van der Waals surface area contributed by atoms with Crippen LogP contribution in [0.4, 0.5) is 4.39 Å². The molecule has 0 bridgehead atoms. The Balaban J connectivity index is 1.97. The molecule has 106 valence electrons. The lowest BCUT2D eigenvalue weighted by molar-refractivity contribution is 0.578. The van der Waals surface area contributed by atoms with Gasteiger partial charge in [0.15, 0.2) is 0 Å². The number of benzene rings is 1. The number of halogens is 1. The fraction of sp³-hybridized carbons (Fsp3) is 0.231. The molecule has 0 aliphatic heterocycles. The largest absolute Gasteiger partial charge is 0.216 e. The number of hydrogen-bond donors (Lipinski definition) is 1. The van der Waals surface area contributed by atoms with E-state index in [4.69, 9.17) is 0 Å². The summed E-state index contributed by atoms with van der Waals surface area (Å²) in [4.78, 5) is 0. The molecule has 7 heteroatoms. The number of hydrogen-bond acceptors (Lipinski definition) is 4. The molecule has 0 aliphatic rings. The predicted molar refractivity (Wildman–Crippen MR) is 72.6 cm³/mol. The van der Waals surface area contributed by atoms with E-state index in [1.54, 1.807) is 19.1 Å². The van der Waals surface area contributed by atoms with Gasteiger partial charge in [0.05, 0.1) is 23.7 Å². The molecule has 1 N–H and O–H groups in total. The van der Waals surface area contributed by atoms with E-state index < -0.39 is 15.8 Å². The van der Waals surface area contributed by atoms with Gasteiger partial charge in [0.25, 0.3) is 0 Å². The molecule has 0 atom stereocenters. The minimum atomic E-state index is -3.50. The number of nitrogens with one attached hydrogen (secondary N) is 1. The molecule has 0 amide bonds. The monoisotopic (exact) mass is 295 g/mol. The van der Waals surface area contributed by atoms with E-state index in [2.05, 4.69) is 14.9 Å². The maximum absolute atomic E-state index is 12.7. The highest BCUT2D eigenvalue weighted by atomic mass is 32.2. The molecule has 0 saturated carbocycles. The van der Waals surface area contributed by atoms with Gasteiger partial charge in [0.2, 0.25) is 10.0 Å². The molecule has 1 aromatic carbocycles. The third-order valence-corrected chi connectivity index (χ3v) is 3.89. The minimum Gasteiger partial charge on any atom is -0.212 e. The lowest BCUT2D eigenvalue weighted by Crippen LogP contribution is -2.25. The van der Waals surface area contributed by atoms with Gasteiger partial charge in [-0.05, 0) is 36.8 Å². The molecule has 2 rings (SSSR count). The predicted octanol–water partition coefficient (Wildman–Crippen LogP) is 1.54. The lowest BCUT2D eigenvalue weighted by Gasteiger charge is -2.06. The average Bonchev–Trinajstić information content (AvgIpc) is 2.41. The third-order valence-electron chi connectivity index (χ3n) is 2.60. The van der Waals surface area contributed by atoms with Crippen LogP contribution in [-0.4, -0.2) is 18.6 Å². The van der Waals surface area contributed by atoms with E-state index >= 15 is 0 Å². The van der Waals surface area contributed by atoms with Crippen molar-refractivity contribution in [3.63, 3.8) is 0 Å². The van der Waals surface area contributed by atoms with Crippen molar-refractivity contribution >= 4 is 10.0 Å². The van der Waals surface area contributed by atoms with Crippen molar-refractivity contribution in [2.75, 3.05) is 0 Å². The molecule has 1 aromatic heterocycles. The van der Waals surface area contributed by atoms with Crippen molar-refractivity contribution in [1.82, 2.24) is 14.9 Å². The normalized spacial score (nSPS) is 11.5. The Labute approximate surface area is 116 Å². The zero-order valence-corrected chi connectivity index (χ0v) is 11.7. The van der Waals surface area contributed by atoms with Crippen LogP contribution in [0.3, 0.4) is 0 Å². The second-order valence-corrected chi connectivity index (χ2v) is 6.18. The Morgan fingerprint density at radius 2 is 1.80 bits per heavy atom. The molecule has 0 saturated heterocycles.